The maximum absolute atomic E-state index is 12.8. The lowest BCUT2D eigenvalue weighted by Crippen LogP contribution is -2.34. The van der Waals surface area contributed by atoms with Gasteiger partial charge in [0.15, 0.2) is 5.69 Å². The van der Waals surface area contributed by atoms with Crippen molar-refractivity contribution in [1.82, 2.24) is 20.1 Å². The zero-order valence-corrected chi connectivity index (χ0v) is 19.6. The van der Waals surface area contributed by atoms with Crippen LogP contribution in [-0.2, 0) is 16.4 Å². The van der Waals surface area contributed by atoms with Crippen LogP contribution in [0.25, 0.3) is 11.3 Å². The van der Waals surface area contributed by atoms with E-state index < -0.39 is 9.84 Å². The molecule has 0 spiro atoms. The Morgan fingerprint density at radius 3 is 2.50 bits per heavy atom. The molecule has 0 radical (unpaired) electrons. The Hall–Kier alpha value is -1.64. The van der Waals surface area contributed by atoms with Crippen LogP contribution in [-0.4, -0.2) is 47.1 Å². The van der Waals surface area contributed by atoms with Gasteiger partial charge in [0.25, 0.3) is 5.91 Å². The van der Waals surface area contributed by atoms with Crippen LogP contribution in [0.2, 0.25) is 10.2 Å². The molecule has 1 N–H and O–H groups in total. The first-order chi connectivity index (χ1) is 14.1. The first kappa shape index (κ1) is 23.0. The van der Waals surface area contributed by atoms with E-state index >= 15 is 0 Å². The quantitative estimate of drug-likeness (QED) is 0.642. The van der Waals surface area contributed by atoms with Gasteiger partial charge in [0.2, 0.25) is 0 Å². The summed E-state index contributed by atoms with van der Waals surface area (Å²) in [5.41, 5.74) is 2.48. The molecule has 0 aromatic carbocycles. The average Bonchev–Trinajstić information content (AvgIpc) is 3.02. The first-order valence-corrected chi connectivity index (χ1v) is 12.7. The molecule has 2 heterocycles. The summed E-state index contributed by atoms with van der Waals surface area (Å²) in [4.78, 5) is 16.9. The SMILES string of the molecule is CCn1nc(C(=O)NCC2CCC(S(C)(=O)=O)CC2)c(Cl)c1-c1cnc(Cl)cc1C. The van der Waals surface area contributed by atoms with Crippen molar-refractivity contribution in [1.29, 1.82) is 0 Å². The molecule has 2 aromatic heterocycles. The normalized spacial score (nSPS) is 19.6. The predicted molar refractivity (Wildman–Crippen MR) is 119 cm³/mol. The van der Waals surface area contributed by atoms with Gasteiger partial charge in [-0.1, -0.05) is 23.2 Å². The van der Waals surface area contributed by atoms with Crippen molar-refractivity contribution in [3.8, 4) is 11.3 Å². The molecule has 0 aliphatic heterocycles. The van der Waals surface area contributed by atoms with Gasteiger partial charge in [-0.3, -0.25) is 9.48 Å². The minimum Gasteiger partial charge on any atom is -0.350 e. The van der Waals surface area contributed by atoms with Gasteiger partial charge in [-0.05, 0) is 57.1 Å². The van der Waals surface area contributed by atoms with Crippen molar-refractivity contribution < 1.29 is 13.2 Å². The second-order valence-corrected chi connectivity index (χ2v) is 10.9. The molecule has 164 valence electrons. The molecule has 1 aliphatic carbocycles. The number of pyridine rings is 1. The summed E-state index contributed by atoms with van der Waals surface area (Å²) >= 11 is 12.5. The number of aromatic nitrogens is 3. The molecule has 1 saturated carbocycles. The Bertz CT molecular complexity index is 1040. The van der Waals surface area contributed by atoms with E-state index in [0.717, 1.165) is 24.0 Å². The maximum atomic E-state index is 12.8. The zero-order valence-electron chi connectivity index (χ0n) is 17.3. The van der Waals surface area contributed by atoms with Gasteiger partial charge < -0.3 is 5.32 Å². The van der Waals surface area contributed by atoms with E-state index in [1.807, 2.05) is 13.8 Å². The van der Waals surface area contributed by atoms with E-state index in [9.17, 15) is 13.2 Å². The number of carbonyl (C=O) groups excluding carboxylic acids is 1. The second kappa shape index (κ2) is 9.24. The lowest BCUT2D eigenvalue weighted by Gasteiger charge is -2.27. The highest BCUT2D eigenvalue weighted by Crippen LogP contribution is 2.33. The molecule has 0 bridgehead atoms. The Balaban J connectivity index is 1.72. The fraction of sp³-hybridized carbons (Fsp3) is 0.550. The van der Waals surface area contributed by atoms with E-state index in [0.29, 0.717) is 36.8 Å². The molecule has 0 unspecified atom stereocenters. The molecule has 30 heavy (non-hydrogen) atoms. The van der Waals surface area contributed by atoms with Gasteiger partial charge in [0, 0.05) is 31.1 Å². The molecule has 3 rings (SSSR count). The summed E-state index contributed by atoms with van der Waals surface area (Å²) in [7, 11) is -3.00. The summed E-state index contributed by atoms with van der Waals surface area (Å²) in [5.74, 6) is -0.0839. The van der Waals surface area contributed by atoms with Crippen molar-refractivity contribution in [2.45, 2.75) is 51.3 Å². The van der Waals surface area contributed by atoms with Crippen LogP contribution in [0, 0.1) is 12.8 Å². The fourth-order valence-corrected chi connectivity index (χ4v) is 5.59. The number of aryl methyl sites for hydroxylation is 2. The van der Waals surface area contributed by atoms with Crippen LogP contribution < -0.4 is 5.32 Å². The largest absolute Gasteiger partial charge is 0.350 e. The second-order valence-electron chi connectivity index (χ2n) is 7.83. The molecule has 10 heteroatoms. The minimum absolute atomic E-state index is 0.174. The van der Waals surface area contributed by atoms with E-state index in [2.05, 4.69) is 15.4 Å². The highest BCUT2D eigenvalue weighted by Gasteiger charge is 2.29. The van der Waals surface area contributed by atoms with Crippen LogP contribution in [0.3, 0.4) is 0 Å². The predicted octanol–water partition coefficient (Wildman–Crippen LogP) is 3.91. The number of nitrogens with zero attached hydrogens (tertiary/aromatic N) is 3. The molecule has 2 aromatic rings. The molecule has 1 fully saturated rings. The third-order valence-electron chi connectivity index (χ3n) is 5.69. The van der Waals surface area contributed by atoms with Crippen LogP contribution in [0.1, 0.15) is 48.7 Å². The number of nitrogens with one attached hydrogen (secondary N) is 1. The monoisotopic (exact) mass is 472 g/mol. The van der Waals surface area contributed by atoms with E-state index in [1.54, 1.807) is 16.9 Å². The zero-order chi connectivity index (χ0) is 22.1. The van der Waals surface area contributed by atoms with Crippen molar-refractivity contribution >= 4 is 38.9 Å². The summed E-state index contributed by atoms with van der Waals surface area (Å²) in [5, 5.41) is 7.73. The third kappa shape index (κ3) is 4.98. The minimum atomic E-state index is -3.00. The van der Waals surface area contributed by atoms with Crippen molar-refractivity contribution in [3.05, 3.63) is 33.7 Å². The van der Waals surface area contributed by atoms with Gasteiger partial charge in [0.05, 0.1) is 16.0 Å². The average molecular weight is 473 g/mol. The summed E-state index contributed by atoms with van der Waals surface area (Å²) in [6, 6.07) is 1.74. The number of carbonyl (C=O) groups is 1. The molecular weight excluding hydrogens is 447 g/mol. The summed E-state index contributed by atoms with van der Waals surface area (Å²) < 4.78 is 25.1. The third-order valence-corrected chi connectivity index (χ3v) is 7.94. The number of rotatable bonds is 6. The standard InChI is InChI=1S/C20H26Cl2N4O3S/c1-4-26-19(15-11-23-16(21)9-12(15)2)17(22)18(25-26)20(27)24-10-13-5-7-14(8-6-13)30(3,28)29/h9,11,13-14H,4-8,10H2,1-3H3,(H,24,27). The summed E-state index contributed by atoms with van der Waals surface area (Å²) in [6.45, 7) is 4.84. The van der Waals surface area contributed by atoms with Crippen LogP contribution >= 0.6 is 23.2 Å². The lowest BCUT2D eigenvalue weighted by atomic mass is 9.89. The molecular formula is C20H26Cl2N4O3S. The van der Waals surface area contributed by atoms with E-state index in [1.165, 1.54) is 6.26 Å². The molecule has 1 aliphatic rings. The first-order valence-electron chi connectivity index (χ1n) is 9.97. The van der Waals surface area contributed by atoms with Gasteiger partial charge in [-0.15, -0.1) is 0 Å². The number of halogens is 2. The lowest BCUT2D eigenvalue weighted by molar-refractivity contribution is 0.0938. The van der Waals surface area contributed by atoms with Crippen molar-refractivity contribution in [2.75, 3.05) is 12.8 Å². The number of hydrogen-bond donors (Lipinski definition) is 1. The van der Waals surface area contributed by atoms with Crippen LogP contribution in [0.5, 0.6) is 0 Å². The smallest absolute Gasteiger partial charge is 0.273 e. The Kier molecular flexibility index (Phi) is 7.09. The van der Waals surface area contributed by atoms with Gasteiger partial charge in [-0.2, -0.15) is 5.10 Å². The molecule has 1 amide bonds. The highest BCUT2D eigenvalue weighted by atomic mass is 35.5. The number of amides is 1. The highest BCUT2D eigenvalue weighted by molar-refractivity contribution is 7.91. The van der Waals surface area contributed by atoms with Crippen molar-refractivity contribution in [3.63, 3.8) is 0 Å². The van der Waals surface area contributed by atoms with Gasteiger partial charge in [-0.25, -0.2) is 13.4 Å². The fourth-order valence-electron chi connectivity index (χ4n) is 3.93. The van der Waals surface area contributed by atoms with E-state index in [-0.39, 0.29) is 27.8 Å². The Labute approximate surface area is 187 Å². The number of hydrogen-bond acceptors (Lipinski definition) is 5. The van der Waals surface area contributed by atoms with Crippen molar-refractivity contribution in [2.24, 2.45) is 5.92 Å². The van der Waals surface area contributed by atoms with E-state index in [4.69, 9.17) is 23.2 Å². The maximum Gasteiger partial charge on any atom is 0.273 e. The summed E-state index contributed by atoms with van der Waals surface area (Å²) in [6.07, 6.45) is 5.75. The molecule has 0 saturated heterocycles. The van der Waals surface area contributed by atoms with Gasteiger partial charge in [0.1, 0.15) is 15.0 Å². The molecule has 7 nitrogen and oxygen atoms in total. The molecule has 0 atom stereocenters. The van der Waals surface area contributed by atoms with Gasteiger partial charge >= 0.3 is 0 Å². The Morgan fingerprint density at radius 2 is 1.93 bits per heavy atom. The topological polar surface area (TPSA) is 94.0 Å². The Morgan fingerprint density at radius 1 is 1.27 bits per heavy atom. The van der Waals surface area contributed by atoms with Crippen LogP contribution in [0.4, 0.5) is 0 Å². The van der Waals surface area contributed by atoms with Crippen LogP contribution in [0.15, 0.2) is 12.3 Å². The number of sulfone groups is 1.